The third-order valence-electron chi connectivity index (χ3n) is 4.96. The van der Waals surface area contributed by atoms with Gasteiger partial charge in [-0.25, -0.2) is 19.2 Å². The molecule has 1 aliphatic heterocycles. The molecule has 1 saturated heterocycles. The summed E-state index contributed by atoms with van der Waals surface area (Å²) in [5, 5.41) is 0.553. The number of benzene rings is 1. The van der Waals surface area contributed by atoms with Crippen molar-refractivity contribution in [2.45, 2.75) is 13.5 Å². The van der Waals surface area contributed by atoms with Crippen LogP contribution in [0.25, 0.3) is 10.1 Å². The fourth-order valence-electron chi connectivity index (χ4n) is 3.60. The highest BCUT2D eigenvalue weighted by atomic mass is 32.1. The lowest BCUT2D eigenvalue weighted by molar-refractivity contribution is -0.914. The van der Waals surface area contributed by atoms with Crippen LogP contribution in [0, 0.1) is 5.82 Å². The van der Waals surface area contributed by atoms with Gasteiger partial charge in [0, 0.05) is 28.0 Å². The van der Waals surface area contributed by atoms with E-state index >= 15 is 0 Å². The predicted molar refractivity (Wildman–Crippen MR) is 106 cm³/mol. The number of fused-ring (bicyclic) bond motifs is 1. The molecule has 0 bridgehead atoms. The molecule has 0 atom stereocenters. The summed E-state index contributed by atoms with van der Waals surface area (Å²) in [5.74, 6) is 0.0876. The second-order valence-electron chi connectivity index (χ2n) is 6.71. The van der Waals surface area contributed by atoms with E-state index in [9.17, 15) is 9.18 Å². The Kier molecular flexibility index (Phi) is 5.50. The highest BCUT2D eigenvalue weighted by Crippen LogP contribution is 2.33. The van der Waals surface area contributed by atoms with Gasteiger partial charge >= 0.3 is 5.97 Å². The van der Waals surface area contributed by atoms with E-state index in [1.165, 1.54) is 22.3 Å². The minimum Gasteiger partial charge on any atom is -0.462 e. The molecular formula is C20H22FN4O2S+. The van der Waals surface area contributed by atoms with Crippen molar-refractivity contribution < 1.29 is 18.8 Å². The molecule has 6 nitrogen and oxygen atoms in total. The number of carbonyl (C=O) groups is 1. The van der Waals surface area contributed by atoms with Crippen molar-refractivity contribution in [2.75, 3.05) is 37.7 Å². The fourth-order valence-corrected chi connectivity index (χ4v) is 4.73. The van der Waals surface area contributed by atoms with Crippen LogP contribution in [0.15, 0.2) is 36.7 Å². The lowest BCUT2D eigenvalue weighted by Crippen LogP contribution is -3.13. The number of esters is 1. The zero-order chi connectivity index (χ0) is 19.5. The lowest BCUT2D eigenvalue weighted by Gasteiger charge is -2.32. The van der Waals surface area contributed by atoms with Gasteiger partial charge < -0.3 is 14.5 Å². The molecule has 8 heteroatoms. The number of carbonyl (C=O) groups excluding carboxylic acids is 1. The fraction of sp³-hybridized carbons (Fsp3) is 0.350. The lowest BCUT2D eigenvalue weighted by atomic mass is 10.1. The summed E-state index contributed by atoms with van der Waals surface area (Å²) in [5.41, 5.74) is 0.760. The van der Waals surface area contributed by atoms with Crippen LogP contribution < -0.4 is 9.80 Å². The first-order valence-corrected chi connectivity index (χ1v) is 10.2. The number of thiophene rings is 1. The minimum atomic E-state index is -0.367. The van der Waals surface area contributed by atoms with Crippen LogP contribution in [-0.2, 0) is 11.3 Å². The highest BCUT2D eigenvalue weighted by Gasteiger charge is 2.28. The summed E-state index contributed by atoms with van der Waals surface area (Å²) in [4.78, 5) is 25.1. The van der Waals surface area contributed by atoms with E-state index in [2.05, 4.69) is 14.9 Å². The monoisotopic (exact) mass is 401 g/mol. The topological polar surface area (TPSA) is 59.8 Å². The zero-order valence-electron chi connectivity index (χ0n) is 15.7. The van der Waals surface area contributed by atoms with E-state index < -0.39 is 0 Å². The molecule has 0 aliphatic carbocycles. The van der Waals surface area contributed by atoms with Gasteiger partial charge in [0.1, 0.15) is 17.2 Å². The first kappa shape index (κ1) is 18.8. The van der Waals surface area contributed by atoms with Gasteiger partial charge in [0.15, 0.2) is 0 Å². The van der Waals surface area contributed by atoms with Gasteiger partial charge in [-0.15, -0.1) is 11.3 Å². The number of hydrogen-bond acceptors (Lipinski definition) is 6. The number of piperazine rings is 1. The Balaban J connectivity index is 1.56. The van der Waals surface area contributed by atoms with Gasteiger partial charge in [0.25, 0.3) is 0 Å². The molecule has 0 unspecified atom stereocenters. The molecule has 1 fully saturated rings. The Morgan fingerprint density at radius 2 is 2.00 bits per heavy atom. The maximum Gasteiger partial charge on any atom is 0.348 e. The summed E-state index contributed by atoms with van der Waals surface area (Å²) in [6.45, 7) is 6.05. The molecule has 2 aromatic heterocycles. The summed E-state index contributed by atoms with van der Waals surface area (Å²) < 4.78 is 20.6. The van der Waals surface area contributed by atoms with Crippen LogP contribution in [0.3, 0.4) is 0 Å². The minimum absolute atomic E-state index is 0.282. The largest absolute Gasteiger partial charge is 0.462 e. The Hall–Kier alpha value is -2.58. The SMILES string of the molecule is CCOC(=O)c1sc2cccc(F)c2c1C[NH+]1CCN(c2ncccn2)CC1. The van der Waals surface area contributed by atoms with Crippen molar-refractivity contribution >= 4 is 33.3 Å². The van der Waals surface area contributed by atoms with Crippen LogP contribution >= 0.6 is 11.3 Å². The van der Waals surface area contributed by atoms with Crippen LogP contribution in [0.4, 0.5) is 10.3 Å². The number of anilines is 1. The first-order valence-electron chi connectivity index (χ1n) is 9.40. The van der Waals surface area contributed by atoms with Crippen molar-refractivity contribution in [3.63, 3.8) is 0 Å². The number of aromatic nitrogens is 2. The average Bonchev–Trinajstić information content (AvgIpc) is 3.09. The molecule has 0 saturated carbocycles. The number of nitrogens with zero attached hydrogens (tertiary/aromatic N) is 3. The van der Waals surface area contributed by atoms with E-state index in [4.69, 9.17) is 4.74 Å². The van der Waals surface area contributed by atoms with E-state index in [1.807, 2.05) is 6.07 Å². The van der Waals surface area contributed by atoms with E-state index in [0.717, 1.165) is 42.4 Å². The van der Waals surface area contributed by atoms with E-state index in [-0.39, 0.29) is 11.8 Å². The summed E-state index contributed by atoms with van der Waals surface area (Å²) in [6, 6.07) is 6.79. The average molecular weight is 401 g/mol. The van der Waals surface area contributed by atoms with Gasteiger partial charge in [0.05, 0.1) is 32.8 Å². The summed E-state index contributed by atoms with van der Waals surface area (Å²) >= 11 is 1.31. The third kappa shape index (κ3) is 3.70. The van der Waals surface area contributed by atoms with Crippen molar-refractivity contribution in [1.29, 1.82) is 0 Å². The Morgan fingerprint density at radius 3 is 2.71 bits per heavy atom. The molecule has 146 valence electrons. The molecule has 1 N–H and O–H groups in total. The number of ether oxygens (including phenoxy) is 1. The Labute approximate surface area is 166 Å². The van der Waals surface area contributed by atoms with Gasteiger partial charge in [-0.05, 0) is 25.1 Å². The molecule has 28 heavy (non-hydrogen) atoms. The maximum absolute atomic E-state index is 14.6. The van der Waals surface area contributed by atoms with Crippen molar-refractivity contribution in [1.82, 2.24) is 9.97 Å². The third-order valence-corrected chi connectivity index (χ3v) is 6.13. The van der Waals surface area contributed by atoms with Gasteiger partial charge in [-0.3, -0.25) is 0 Å². The summed E-state index contributed by atoms with van der Waals surface area (Å²) in [7, 11) is 0. The molecule has 3 aromatic rings. The van der Waals surface area contributed by atoms with Gasteiger partial charge in [-0.2, -0.15) is 0 Å². The molecule has 0 radical (unpaired) electrons. The quantitative estimate of drug-likeness (QED) is 0.662. The summed E-state index contributed by atoms with van der Waals surface area (Å²) in [6.07, 6.45) is 3.49. The molecular weight excluding hydrogens is 379 g/mol. The van der Waals surface area contributed by atoms with Crippen LogP contribution in [0.1, 0.15) is 22.2 Å². The number of quaternary nitrogens is 1. The number of halogens is 1. The zero-order valence-corrected chi connectivity index (χ0v) is 16.5. The molecule has 0 spiro atoms. The second-order valence-corrected chi connectivity index (χ2v) is 7.76. The molecule has 1 aromatic carbocycles. The molecule has 4 rings (SSSR count). The van der Waals surface area contributed by atoms with Crippen molar-refractivity contribution in [3.8, 4) is 0 Å². The standard InChI is InChI=1S/C20H21FN4O2S/c1-2-27-19(26)18-14(17-15(21)5-3-6-16(17)28-18)13-24-9-11-25(12-10-24)20-22-7-4-8-23-20/h3-8H,2,9-13H2,1H3/p+1. The van der Waals surface area contributed by atoms with E-state index in [0.29, 0.717) is 23.4 Å². The Bertz CT molecular complexity index is 971. The highest BCUT2D eigenvalue weighted by molar-refractivity contribution is 7.21. The second kappa shape index (κ2) is 8.20. The predicted octanol–water partition coefficient (Wildman–Crippen LogP) is 1.91. The van der Waals surface area contributed by atoms with Crippen LogP contribution in [-0.4, -0.2) is 48.7 Å². The number of rotatable bonds is 5. The number of nitrogens with one attached hydrogen (secondary N) is 1. The van der Waals surface area contributed by atoms with Gasteiger partial charge in [0.2, 0.25) is 5.95 Å². The molecule has 0 amide bonds. The van der Waals surface area contributed by atoms with Crippen molar-refractivity contribution in [2.24, 2.45) is 0 Å². The number of hydrogen-bond donors (Lipinski definition) is 1. The first-order chi connectivity index (χ1) is 13.7. The Morgan fingerprint density at radius 1 is 1.25 bits per heavy atom. The van der Waals surface area contributed by atoms with Crippen LogP contribution in [0.5, 0.6) is 0 Å². The van der Waals surface area contributed by atoms with E-state index in [1.54, 1.807) is 31.5 Å². The normalized spacial score (nSPS) is 15.1. The van der Waals surface area contributed by atoms with Crippen molar-refractivity contribution in [3.05, 3.63) is 52.9 Å². The van der Waals surface area contributed by atoms with Gasteiger partial charge in [-0.1, -0.05) is 6.07 Å². The smallest absolute Gasteiger partial charge is 0.348 e. The molecule has 1 aliphatic rings. The molecule has 3 heterocycles. The van der Waals surface area contributed by atoms with Crippen LogP contribution in [0.2, 0.25) is 0 Å². The maximum atomic E-state index is 14.6.